The van der Waals surface area contributed by atoms with Gasteiger partial charge in [0.1, 0.15) is 39.8 Å². The zero-order valence-electron chi connectivity index (χ0n) is 48.9. The van der Waals surface area contributed by atoms with Crippen molar-refractivity contribution >= 4 is 36.6 Å². The fraction of sp³-hybridized carbons (Fsp3) is 0.887. The number of ether oxygens (including phenoxy) is 6. The van der Waals surface area contributed by atoms with Gasteiger partial charge in [0.2, 0.25) is 0 Å². The first kappa shape index (κ1) is 67.6. The van der Waals surface area contributed by atoms with Crippen LogP contribution in [0.2, 0.25) is 0 Å². The summed E-state index contributed by atoms with van der Waals surface area (Å²) >= 11 is 0. The largest absolute Gasteiger partial charge is 0.444 e. The molecule has 422 valence electrons. The van der Waals surface area contributed by atoms with Crippen molar-refractivity contribution < 1.29 is 57.2 Å². The fourth-order valence-electron chi connectivity index (χ4n) is 6.94. The van der Waals surface area contributed by atoms with Gasteiger partial charge in [0.25, 0.3) is 0 Å². The molecule has 0 aliphatic carbocycles. The number of hydrogen-bond donors (Lipinski definition) is 1. The molecule has 0 radical (unpaired) electrons. The van der Waals surface area contributed by atoms with Gasteiger partial charge in [-0.2, -0.15) is 0 Å². The molecule has 0 unspecified atom stereocenters. The lowest BCUT2D eigenvalue weighted by molar-refractivity contribution is -0.0309. The van der Waals surface area contributed by atoms with Crippen LogP contribution in [0.25, 0.3) is 0 Å². The molecule has 2 N–H and O–H groups in total. The highest BCUT2D eigenvalue weighted by Gasteiger charge is 2.37. The van der Waals surface area contributed by atoms with E-state index in [2.05, 4.69) is 0 Å². The summed E-state index contributed by atoms with van der Waals surface area (Å²) in [5.74, 6) is 0. The van der Waals surface area contributed by atoms with E-state index in [0.29, 0.717) is 97.2 Å². The number of hydrogen-bond acceptors (Lipinski definition) is 13. The molecule has 19 heteroatoms. The Hall–Kier alpha value is -4.42. The van der Waals surface area contributed by atoms with E-state index in [0.717, 1.165) is 19.3 Å². The summed E-state index contributed by atoms with van der Waals surface area (Å²) in [5, 5.41) is 0. The molecule has 0 aliphatic heterocycles. The highest BCUT2D eigenvalue weighted by atomic mass is 16.6. The molecule has 0 heterocycles. The molecule has 0 spiro atoms. The molecule has 19 nitrogen and oxygen atoms in total. The summed E-state index contributed by atoms with van der Waals surface area (Å²) in [6.45, 7) is 35.3. The zero-order valence-corrected chi connectivity index (χ0v) is 48.9. The summed E-state index contributed by atoms with van der Waals surface area (Å²) in [5.41, 5.74) is 1.34. The van der Waals surface area contributed by atoms with Crippen molar-refractivity contribution in [2.24, 2.45) is 5.73 Å². The SMILES string of the molecule is CN(CCCN(CCCCN(C(=O)OC(C)(C)C)C(CCCCCCN)N(CCCCN(CCCN(C)C(=O)OC(C)(C)C)C(=O)OC(C)(C)C)C(=O)OC(C)(C)C)C(=O)OC(C)(C)C)C(=O)OC(C)(C)C. The maximum Gasteiger partial charge on any atom is 0.411 e. The molecule has 0 aromatic carbocycles. The van der Waals surface area contributed by atoms with Gasteiger partial charge < -0.3 is 53.8 Å². The molecule has 0 aliphatic rings. The molecular weight excluding hydrogens is 927 g/mol. The Balaban J connectivity index is 6.84. The second-order valence-corrected chi connectivity index (χ2v) is 24.7. The minimum Gasteiger partial charge on any atom is -0.444 e. The Labute approximate surface area is 435 Å². The third kappa shape index (κ3) is 33.3. The summed E-state index contributed by atoms with van der Waals surface area (Å²) in [4.78, 5) is 90.7. The van der Waals surface area contributed by atoms with Gasteiger partial charge in [0.05, 0.1) is 0 Å². The average molecular weight is 1030 g/mol. The number of carbonyl (C=O) groups is 6. The first-order valence-corrected chi connectivity index (χ1v) is 26.3. The first-order valence-electron chi connectivity index (χ1n) is 26.3. The average Bonchev–Trinajstić information content (AvgIpc) is 3.17. The maximum absolute atomic E-state index is 14.4. The number of carbonyl (C=O) groups excluding carboxylic acids is 6. The van der Waals surface area contributed by atoms with E-state index < -0.39 is 76.3 Å². The van der Waals surface area contributed by atoms with Crippen LogP contribution < -0.4 is 5.73 Å². The number of unbranched alkanes of at least 4 members (excludes halogenated alkanes) is 5. The highest BCUT2D eigenvalue weighted by molar-refractivity contribution is 5.72. The molecule has 72 heavy (non-hydrogen) atoms. The van der Waals surface area contributed by atoms with E-state index in [4.69, 9.17) is 34.2 Å². The van der Waals surface area contributed by atoms with Crippen LogP contribution in [0.3, 0.4) is 0 Å². The van der Waals surface area contributed by atoms with Crippen molar-refractivity contribution in [3.8, 4) is 0 Å². The lowest BCUT2D eigenvalue weighted by Crippen LogP contribution is -2.55. The first-order chi connectivity index (χ1) is 32.7. The van der Waals surface area contributed by atoms with E-state index in [1.165, 1.54) is 9.80 Å². The second-order valence-electron chi connectivity index (χ2n) is 24.7. The predicted octanol–water partition coefficient (Wildman–Crippen LogP) is 11.2. The van der Waals surface area contributed by atoms with Crippen LogP contribution >= 0.6 is 0 Å². The minimum absolute atomic E-state index is 0.190. The number of nitrogens with two attached hydrogens (primary N) is 1. The van der Waals surface area contributed by atoms with Crippen LogP contribution in [0, 0.1) is 0 Å². The Morgan fingerprint density at radius 1 is 0.333 bits per heavy atom. The molecule has 0 saturated heterocycles. The Kier molecular flexibility index (Phi) is 28.8. The molecular formula is C53H103N7O12. The normalized spacial score (nSPS) is 12.4. The molecule has 0 bridgehead atoms. The maximum atomic E-state index is 14.4. The van der Waals surface area contributed by atoms with Gasteiger partial charge in [0, 0.05) is 66.5 Å². The van der Waals surface area contributed by atoms with E-state index >= 15 is 0 Å². The van der Waals surface area contributed by atoms with E-state index in [9.17, 15) is 28.8 Å². The van der Waals surface area contributed by atoms with Gasteiger partial charge >= 0.3 is 36.6 Å². The molecule has 0 fully saturated rings. The monoisotopic (exact) mass is 1030 g/mol. The van der Waals surface area contributed by atoms with Gasteiger partial charge in [-0.15, -0.1) is 0 Å². The third-order valence-electron chi connectivity index (χ3n) is 10.1. The summed E-state index contributed by atoms with van der Waals surface area (Å²) < 4.78 is 34.7. The highest BCUT2D eigenvalue weighted by Crippen LogP contribution is 2.24. The second kappa shape index (κ2) is 30.7. The number of amides is 6. The van der Waals surface area contributed by atoms with Gasteiger partial charge in [-0.05, 0) is 189 Å². The van der Waals surface area contributed by atoms with Crippen LogP contribution in [0.4, 0.5) is 28.8 Å². The van der Waals surface area contributed by atoms with Gasteiger partial charge in [-0.1, -0.05) is 12.8 Å². The van der Waals surface area contributed by atoms with Crippen molar-refractivity contribution in [1.82, 2.24) is 29.4 Å². The van der Waals surface area contributed by atoms with Crippen molar-refractivity contribution in [1.29, 1.82) is 0 Å². The topological polar surface area (TPSA) is 203 Å². The molecule has 0 atom stereocenters. The molecule has 6 amide bonds. The number of rotatable bonds is 26. The van der Waals surface area contributed by atoms with E-state index in [1.54, 1.807) is 158 Å². The van der Waals surface area contributed by atoms with Crippen LogP contribution in [-0.4, -0.2) is 179 Å². The van der Waals surface area contributed by atoms with E-state index in [1.807, 2.05) is 0 Å². The summed E-state index contributed by atoms with van der Waals surface area (Å²) in [6.07, 6.45) is 2.56. The lowest BCUT2D eigenvalue weighted by Gasteiger charge is -2.41. The van der Waals surface area contributed by atoms with E-state index in [-0.39, 0.29) is 13.1 Å². The standard InChI is InChI=1S/C53H103N7O12/c1-48(2,3)67-42(61)55(19)33-29-37-57(44(63)69-50(7,8)9)35-25-27-39-59(46(65)71-52(13,14)15)41(31-23-21-22-24-32-54)60(47(66)72-53(16,17)18)40-28-26-36-58(45(64)70-51(10,11)12)38-30-34-56(20)43(62)68-49(4,5)6/h41H,21-40,54H2,1-20H3. The zero-order chi connectivity index (χ0) is 55.9. The number of nitrogens with zero attached hydrogens (tertiary/aromatic N) is 6. The van der Waals surface area contributed by atoms with Crippen molar-refractivity contribution in [3.05, 3.63) is 0 Å². The van der Waals surface area contributed by atoms with Crippen LogP contribution in [0.5, 0.6) is 0 Å². The minimum atomic E-state index is -0.857. The van der Waals surface area contributed by atoms with Crippen molar-refractivity contribution in [2.45, 2.75) is 235 Å². The smallest absolute Gasteiger partial charge is 0.411 e. The predicted molar refractivity (Wildman–Crippen MR) is 283 cm³/mol. The van der Waals surface area contributed by atoms with Crippen molar-refractivity contribution in [3.63, 3.8) is 0 Å². The van der Waals surface area contributed by atoms with Crippen molar-refractivity contribution in [2.75, 3.05) is 73.0 Å². The van der Waals surface area contributed by atoms with Gasteiger partial charge in [0.15, 0.2) is 0 Å². The fourth-order valence-corrected chi connectivity index (χ4v) is 6.94. The van der Waals surface area contributed by atoms with Gasteiger partial charge in [-0.25, -0.2) is 28.8 Å². The quantitative estimate of drug-likeness (QED) is 0.0487. The van der Waals surface area contributed by atoms with Crippen LogP contribution in [0.1, 0.15) is 195 Å². The summed E-state index contributed by atoms with van der Waals surface area (Å²) in [6, 6.07) is 0. The molecule has 0 saturated carbocycles. The van der Waals surface area contributed by atoms with Crippen LogP contribution in [-0.2, 0) is 28.4 Å². The summed E-state index contributed by atoms with van der Waals surface area (Å²) in [7, 11) is 3.31. The lowest BCUT2D eigenvalue weighted by atomic mass is 10.1. The Morgan fingerprint density at radius 3 is 0.903 bits per heavy atom. The Bertz CT molecular complexity index is 1530. The van der Waals surface area contributed by atoms with Crippen LogP contribution in [0.15, 0.2) is 0 Å². The molecule has 0 rings (SSSR count). The molecule has 0 aromatic heterocycles. The van der Waals surface area contributed by atoms with Gasteiger partial charge in [-0.3, -0.25) is 9.80 Å². The third-order valence-corrected chi connectivity index (χ3v) is 10.1. The molecule has 0 aromatic rings. The Morgan fingerprint density at radius 2 is 0.597 bits per heavy atom.